The number of nitrogens with zero attached hydrogens (tertiary/aromatic N) is 1. The number of rotatable bonds is 4. The van der Waals surface area contributed by atoms with Crippen molar-refractivity contribution in [3.8, 4) is 0 Å². The van der Waals surface area contributed by atoms with Gasteiger partial charge < -0.3 is 10.6 Å². The number of halogens is 2. The van der Waals surface area contributed by atoms with Crippen molar-refractivity contribution in [2.45, 2.75) is 17.9 Å². The average molecular weight is 414 g/mol. The summed E-state index contributed by atoms with van der Waals surface area (Å²) in [5, 5.41) is 5.74. The fourth-order valence-corrected chi connectivity index (χ4v) is 3.72. The quantitative estimate of drug-likeness (QED) is 0.806. The van der Waals surface area contributed by atoms with Gasteiger partial charge in [-0.15, -0.1) is 12.4 Å². The summed E-state index contributed by atoms with van der Waals surface area (Å²) in [4.78, 5) is 12.5. The van der Waals surface area contributed by atoms with Gasteiger partial charge in [0.25, 0.3) is 5.91 Å². The number of hydrogen-bond acceptors (Lipinski definition) is 4. The van der Waals surface area contributed by atoms with Gasteiger partial charge in [0.05, 0.1) is 10.6 Å². The largest absolute Gasteiger partial charge is 0.319 e. The summed E-state index contributed by atoms with van der Waals surface area (Å²) in [5.41, 5.74) is 1.89. The van der Waals surface area contributed by atoms with Gasteiger partial charge in [-0.05, 0) is 54.4 Å². The lowest BCUT2D eigenvalue weighted by molar-refractivity contribution is 0.102. The topological polar surface area (TPSA) is 78.5 Å². The Kier molecular flexibility index (Phi) is 6.59. The van der Waals surface area contributed by atoms with Crippen LogP contribution in [-0.4, -0.2) is 39.3 Å². The van der Waals surface area contributed by atoms with Gasteiger partial charge in [0, 0.05) is 26.2 Å². The molecular formula is C18H21ClFN3O3S. The molecule has 27 heavy (non-hydrogen) atoms. The standard InChI is InChI=1S/C18H20FN3O3S.ClH/c1-22(2)26(24,25)14-6-3-12(4-7-14)18(23)21-16-8-5-13-11-20-10-9-15(13)17(16)19;/h3-8,20H,9-11H2,1-2H3,(H,21,23);1H. The smallest absolute Gasteiger partial charge is 0.255 e. The zero-order chi connectivity index (χ0) is 18.9. The monoisotopic (exact) mass is 413 g/mol. The van der Waals surface area contributed by atoms with Gasteiger partial charge in [0.15, 0.2) is 0 Å². The number of benzene rings is 2. The molecule has 2 aromatic rings. The molecule has 6 nitrogen and oxygen atoms in total. The highest BCUT2D eigenvalue weighted by Crippen LogP contribution is 2.25. The lowest BCUT2D eigenvalue weighted by Crippen LogP contribution is -2.25. The normalized spacial score (nSPS) is 13.6. The highest BCUT2D eigenvalue weighted by molar-refractivity contribution is 7.89. The number of anilines is 1. The first-order valence-corrected chi connectivity index (χ1v) is 9.59. The van der Waals surface area contributed by atoms with E-state index in [9.17, 15) is 17.6 Å². The number of carbonyl (C=O) groups excluding carboxylic acids is 1. The minimum atomic E-state index is -3.56. The van der Waals surface area contributed by atoms with E-state index in [1.807, 2.05) is 0 Å². The Balaban J connectivity index is 0.00000261. The fraction of sp³-hybridized carbons (Fsp3) is 0.278. The second-order valence-corrected chi connectivity index (χ2v) is 8.41. The van der Waals surface area contributed by atoms with Gasteiger partial charge in [-0.2, -0.15) is 0 Å². The molecule has 1 aliphatic heterocycles. The summed E-state index contributed by atoms with van der Waals surface area (Å²) in [5.74, 6) is -0.907. The van der Waals surface area contributed by atoms with Crippen molar-refractivity contribution in [1.82, 2.24) is 9.62 Å². The molecule has 2 N–H and O–H groups in total. The zero-order valence-corrected chi connectivity index (χ0v) is 16.6. The number of amides is 1. The molecule has 1 heterocycles. The molecule has 9 heteroatoms. The minimum absolute atomic E-state index is 0. The Morgan fingerprint density at radius 2 is 1.81 bits per heavy atom. The van der Waals surface area contributed by atoms with E-state index in [1.54, 1.807) is 12.1 Å². The van der Waals surface area contributed by atoms with Crippen molar-refractivity contribution in [2.24, 2.45) is 0 Å². The van der Waals surface area contributed by atoms with Crippen LogP contribution in [0.5, 0.6) is 0 Å². The van der Waals surface area contributed by atoms with Gasteiger partial charge in [-0.1, -0.05) is 6.07 Å². The van der Waals surface area contributed by atoms with E-state index < -0.39 is 21.7 Å². The highest BCUT2D eigenvalue weighted by atomic mass is 35.5. The van der Waals surface area contributed by atoms with E-state index >= 15 is 0 Å². The average Bonchev–Trinajstić information content (AvgIpc) is 2.64. The molecule has 3 rings (SSSR count). The first kappa shape index (κ1) is 21.3. The number of hydrogen-bond donors (Lipinski definition) is 2. The molecule has 0 saturated carbocycles. The third kappa shape index (κ3) is 4.30. The van der Waals surface area contributed by atoms with Gasteiger partial charge in [0.2, 0.25) is 10.0 Å². The Bertz CT molecular complexity index is 947. The molecule has 0 unspecified atom stereocenters. The van der Waals surface area contributed by atoms with Crippen molar-refractivity contribution >= 4 is 34.0 Å². The number of sulfonamides is 1. The lowest BCUT2D eigenvalue weighted by Gasteiger charge is -2.19. The van der Waals surface area contributed by atoms with E-state index in [4.69, 9.17) is 0 Å². The van der Waals surface area contributed by atoms with Crippen molar-refractivity contribution < 1.29 is 17.6 Å². The summed E-state index contributed by atoms with van der Waals surface area (Å²) in [6, 6.07) is 8.88. The van der Waals surface area contributed by atoms with Crippen LogP contribution in [0.1, 0.15) is 21.5 Å². The lowest BCUT2D eigenvalue weighted by atomic mass is 9.99. The minimum Gasteiger partial charge on any atom is -0.319 e. The molecule has 0 atom stereocenters. The first-order valence-electron chi connectivity index (χ1n) is 8.15. The van der Waals surface area contributed by atoms with Gasteiger partial charge in [0.1, 0.15) is 5.82 Å². The second-order valence-electron chi connectivity index (χ2n) is 6.26. The van der Waals surface area contributed by atoms with Crippen LogP contribution in [0, 0.1) is 5.82 Å². The molecule has 0 bridgehead atoms. The Hall–Kier alpha value is -2.00. The van der Waals surface area contributed by atoms with Crippen molar-refractivity contribution in [1.29, 1.82) is 0 Å². The first-order chi connectivity index (χ1) is 12.3. The van der Waals surface area contributed by atoms with Crippen LogP contribution >= 0.6 is 12.4 Å². The van der Waals surface area contributed by atoms with E-state index in [0.717, 1.165) is 9.87 Å². The maximum Gasteiger partial charge on any atom is 0.255 e. The maximum atomic E-state index is 14.6. The van der Waals surface area contributed by atoms with Crippen LogP contribution in [0.3, 0.4) is 0 Å². The fourth-order valence-electron chi connectivity index (χ4n) is 2.81. The molecule has 146 valence electrons. The maximum absolute atomic E-state index is 14.6. The summed E-state index contributed by atoms with van der Waals surface area (Å²) in [6.45, 7) is 1.31. The summed E-state index contributed by atoms with van der Waals surface area (Å²) in [6.07, 6.45) is 0.571. The molecule has 0 saturated heterocycles. The third-order valence-electron chi connectivity index (χ3n) is 4.35. The summed E-state index contributed by atoms with van der Waals surface area (Å²) < 4.78 is 39.8. The van der Waals surface area contributed by atoms with Crippen LogP contribution in [0.4, 0.5) is 10.1 Å². The number of carbonyl (C=O) groups is 1. The molecule has 0 fully saturated rings. The van der Waals surface area contributed by atoms with E-state index in [2.05, 4.69) is 10.6 Å². The van der Waals surface area contributed by atoms with E-state index in [1.165, 1.54) is 38.4 Å². The zero-order valence-electron chi connectivity index (χ0n) is 15.0. The predicted molar refractivity (Wildman–Crippen MR) is 104 cm³/mol. The van der Waals surface area contributed by atoms with E-state index in [0.29, 0.717) is 25.1 Å². The highest BCUT2D eigenvalue weighted by Gasteiger charge is 2.20. The van der Waals surface area contributed by atoms with E-state index in [-0.39, 0.29) is 28.6 Å². The number of fused-ring (bicyclic) bond motifs is 1. The van der Waals surface area contributed by atoms with Gasteiger partial charge in [-0.3, -0.25) is 4.79 Å². The van der Waals surface area contributed by atoms with Crippen LogP contribution in [0.15, 0.2) is 41.3 Å². The Morgan fingerprint density at radius 1 is 1.15 bits per heavy atom. The Morgan fingerprint density at radius 3 is 2.44 bits per heavy atom. The molecule has 2 aromatic carbocycles. The molecule has 0 spiro atoms. The molecular weight excluding hydrogens is 393 g/mol. The van der Waals surface area contributed by atoms with Crippen molar-refractivity contribution in [3.63, 3.8) is 0 Å². The predicted octanol–water partition coefficient (Wildman–Crippen LogP) is 2.40. The molecule has 1 amide bonds. The molecule has 0 aliphatic carbocycles. The van der Waals surface area contributed by atoms with Crippen LogP contribution < -0.4 is 10.6 Å². The van der Waals surface area contributed by atoms with Crippen LogP contribution in [0.2, 0.25) is 0 Å². The molecule has 0 radical (unpaired) electrons. The number of nitrogens with one attached hydrogen (secondary N) is 2. The third-order valence-corrected chi connectivity index (χ3v) is 6.18. The van der Waals surface area contributed by atoms with Gasteiger partial charge >= 0.3 is 0 Å². The van der Waals surface area contributed by atoms with Crippen LogP contribution in [0.25, 0.3) is 0 Å². The summed E-state index contributed by atoms with van der Waals surface area (Å²) >= 11 is 0. The van der Waals surface area contributed by atoms with Crippen molar-refractivity contribution in [2.75, 3.05) is 26.0 Å². The van der Waals surface area contributed by atoms with Gasteiger partial charge in [-0.25, -0.2) is 17.1 Å². The van der Waals surface area contributed by atoms with Crippen molar-refractivity contribution in [3.05, 3.63) is 58.9 Å². The SMILES string of the molecule is CN(C)S(=O)(=O)c1ccc(C(=O)Nc2ccc3c(c2F)CCNC3)cc1.Cl. The summed E-state index contributed by atoms with van der Waals surface area (Å²) in [7, 11) is -0.690. The molecule has 1 aliphatic rings. The molecule has 0 aromatic heterocycles. The second kappa shape index (κ2) is 8.35. The van der Waals surface area contributed by atoms with Crippen LogP contribution in [-0.2, 0) is 23.0 Å². The Labute approximate surface area is 164 Å².